The highest BCUT2D eigenvalue weighted by Crippen LogP contribution is 2.31. The molecule has 8 heteroatoms. The number of aryl methyl sites for hydroxylation is 3. The molecule has 126 valence electrons. The molecule has 23 heavy (non-hydrogen) atoms. The summed E-state index contributed by atoms with van der Waals surface area (Å²) in [6.45, 7) is 7.55. The topological polar surface area (TPSA) is 89.0 Å². The van der Waals surface area contributed by atoms with Gasteiger partial charge in [-0.3, -0.25) is 4.79 Å². The smallest absolute Gasteiger partial charge is 0.267 e. The van der Waals surface area contributed by atoms with Crippen LogP contribution in [-0.4, -0.2) is 30.0 Å². The fraction of sp³-hybridized carbons (Fsp3) is 0.533. The third kappa shape index (κ3) is 3.87. The lowest BCUT2D eigenvalue weighted by Gasteiger charge is -2.05. The van der Waals surface area contributed by atoms with Crippen LogP contribution in [-0.2, 0) is 16.4 Å². The highest BCUT2D eigenvalue weighted by atomic mass is 32.2. The zero-order chi connectivity index (χ0) is 17.2. The molecule has 0 spiro atoms. The molecule has 0 fully saturated rings. The van der Waals surface area contributed by atoms with Crippen molar-refractivity contribution in [2.75, 3.05) is 5.75 Å². The van der Waals surface area contributed by atoms with Gasteiger partial charge in [0.1, 0.15) is 10.7 Å². The van der Waals surface area contributed by atoms with Gasteiger partial charge in [0.25, 0.3) is 5.91 Å². The predicted octanol–water partition coefficient (Wildman–Crippen LogP) is 2.73. The van der Waals surface area contributed by atoms with Crippen LogP contribution in [0.15, 0.2) is 0 Å². The minimum absolute atomic E-state index is 0.0437. The maximum absolute atomic E-state index is 12.4. The van der Waals surface area contributed by atoms with Gasteiger partial charge in [0.05, 0.1) is 10.6 Å². The molecule has 0 aromatic carbocycles. The van der Waals surface area contributed by atoms with Gasteiger partial charge in [-0.1, -0.05) is 20.3 Å². The number of amides is 1. The summed E-state index contributed by atoms with van der Waals surface area (Å²) in [7, 11) is -3.60. The number of aromatic nitrogens is 2. The summed E-state index contributed by atoms with van der Waals surface area (Å²) in [4.78, 5) is 22.3. The van der Waals surface area contributed by atoms with Gasteiger partial charge in [-0.05, 0) is 25.8 Å². The van der Waals surface area contributed by atoms with Gasteiger partial charge >= 0.3 is 0 Å². The molecule has 0 aliphatic heterocycles. The number of nitrogens with zero attached hydrogens (tertiary/aromatic N) is 2. The summed E-state index contributed by atoms with van der Waals surface area (Å²) < 4.78 is 26.0. The minimum atomic E-state index is -3.60. The second-order valence-electron chi connectivity index (χ2n) is 5.42. The van der Waals surface area contributed by atoms with E-state index in [0.717, 1.165) is 33.7 Å². The molecule has 2 aromatic heterocycles. The Kier molecular flexibility index (Phi) is 5.36. The highest BCUT2D eigenvalue weighted by molar-refractivity contribution is 7.90. The first kappa shape index (κ1) is 17.8. The Labute approximate surface area is 140 Å². The molecule has 2 aromatic rings. The van der Waals surface area contributed by atoms with E-state index in [2.05, 4.69) is 14.7 Å². The van der Waals surface area contributed by atoms with Crippen LogP contribution >= 0.6 is 11.3 Å². The molecule has 6 nitrogen and oxygen atoms in total. The van der Waals surface area contributed by atoms with E-state index in [9.17, 15) is 13.2 Å². The number of thiophene rings is 1. The van der Waals surface area contributed by atoms with E-state index in [1.54, 1.807) is 6.92 Å². The molecule has 1 N–H and O–H groups in total. The Morgan fingerprint density at radius 1 is 1.22 bits per heavy atom. The summed E-state index contributed by atoms with van der Waals surface area (Å²) in [5.74, 6) is 0.0932. The number of hydrogen-bond donors (Lipinski definition) is 1. The van der Waals surface area contributed by atoms with Crippen molar-refractivity contribution in [1.29, 1.82) is 0 Å². The van der Waals surface area contributed by atoms with Gasteiger partial charge < -0.3 is 0 Å². The molecule has 0 aliphatic rings. The van der Waals surface area contributed by atoms with Crippen molar-refractivity contribution < 1.29 is 13.2 Å². The SMILES string of the molecule is CCCCS(=O)(=O)NC(=O)c1sc2nc(CC)nc(C)c2c1C. The first-order valence-corrected chi connectivity index (χ1v) is 10.1. The lowest BCUT2D eigenvalue weighted by atomic mass is 10.1. The number of hydrogen-bond acceptors (Lipinski definition) is 6. The summed E-state index contributed by atoms with van der Waals surface area (Å²) in [6, 6.07) is 0. The number of rotatable bonds is 6. The molecule has 2 rings (SSSR count). The molecular formula is C15H21N3O3S2. The van der Waals surface area contributed by atoms with Crippen molar-refractivity contribution in [2.45, 2.75) is 47.0 Å². The monoisotopic (exact) mass is 355 g/mol. The average molecular weight is 355 g/mol. The molecule has 0 unspecified atom stereocenters. The van der Waals surface area contributed by atoms with Gasteiger partial charge in [0, 0.05) is 17.5 Å². The Morgan fingerprint density at radius 3 is 2.52 bits per heavy atom. The number of fused-ring (bicyclic) bond motifs is 1. The molecule has 0 bridgehead atoms. The molecule has 2 heterocycles. The third-order valence-electron chi connectivity index (χ3n) is 3.55. The van der Waals surface area contributed by atoms with Gasteiger partial charge in [-0.25, -0.2) is 23.1 Å². The summed E-state index contributed by atoms with van der Waals surface area (Å²) >= 11 is 1.21. The van der Waals surface area contributed by atoms with Crippen molar-refractivity contribution >= 4 is 37.5 Å². The summed E-state index contributed by atoms with van der Waals surface area (Å²) in [5.41, 5.74) is 1.54. The number of carbonyl (C=O) groups excluding carboxylic acids is 1. The van der Waals surface area contributed by atoms with E-state index >= 15 is 0 Å². The fourth-order valence-corrected chi connectivity index (χ4v) is 4.71. The minimum Gasteiger partial charge on any atom is -0.267 e. The van der Waals surface area contributed by atoms with Crippen LogP contribution in [0.4, 0.5) is 0 Å². The first-order chi connectivity index (χ1) is 10.8. The van der Waals surface area contributed by atoms with Crippen LogP contribution in [0.3, 0.4) is 0 Å². The van der Waals surface area contributed by atoms with Gasteiger partial charge in [0.15, 0.2) is 0 Å². The normalized spacial score (nSPS) is 11.8. The van der Waals surface area contributed by atoms with Crippen LogP contribution in [0, 0.1) is 13.8 Å². The Hall–Kier alpha value is -1.54. The van der Waals surface area contributed by atoms with E-state index in [4.69, 9.17) is 0 Å². The third-order valence-corrected chi connectivity index (χ3v) is 6.06. The average Bonchev–Trinajstić information content (AvgIpc) is 2.82. The van der Waals surface area contributed by atoms with Crippen molar-refractivity contribution in [3.8, 4) is 0 Å². The number of carbonyl (C=O) groups is 1. The Bertz CT molecular complexity index is 841. The lowest BCUT2D eigenvalue weighted by molar-refractivity contribution is 0.0985. The molecule has 0 saturated heterocycles. The quantitative estimate of drug-likeness (QED) is 0.860. The van der Waals surface area contributed by atoms with E-state index in [1.165, 1.54) is 11.3 Å². The lowest BCUT2D eigenvalue weighted by Crippen LogP contribution is -2.32. The van der Waals surface area contributed by atoms with Crippen molar-refractivity contribution in [1.82, 2.24) is 14.7 Å². The Morgan fingerprint density at radius 2 is 1.91 bits per heavy atom. The second-order valence-corrected chi connectivity index (χ2v) is 8.26. The van der Waals surface area contributed by atoms with E-state index in [-0.39, 0.29) is 5.75 Å². The van der Waals surface area contributed by atoms with Crippen molar-refractivity contribution in [3.63, 3.8) is 0 Å². The van der Waals surface area contributed by atoms with Crippen LogP contribution in [0.2, 0.25) is 0 Å². The zero-order valence-electron chi connectivity index (χ0n) is 13.8. The largest absolute Gasteiger partial charge is 0.275 e. The number of sulfonamides is 1. The standard InChI is InChI=1S/C15H21N3O3S2/c1-5-7-8-23(20,21)18-14(19)13-9(3)12-10(4)16-11(6-2)17-15(12)22-13/h5-8H2,1-4H3,(H,18,19). The van der Waals surface area contributed by atoms with Crippen LogP contribution in [0.5, 0.6) is 0 Å². The molecule has 1 amide bonds. The Balaban J connectivity index is 2.38. The van der Waals surface area contributed by atoms with Gasteiger partial charge in [0.2, 0.25) is 10.0 Å². The molecule has 0 aliphatic carbocycles. The van der Waals surface area contributed by atoms with E-state index in [0.29, 0.717) is 17.7 Å². The molecule has 0 atom stereocenters. The molecule has 0 saturated carbocycles. The van der Waals surface area contributed by atoms with Crippen molar-refractivity contribution in [3.05, 3.63) is 22.0 Å². The maximum atomic E-state index is 12.4. The predicted molar refractivity (Wildman–Crippen MR) is 92.4 cm³/mol. The second kappa shape index (κ2) is 6.92. The van der Waals surface area contributed by atoms with E-state index in [1.807, 2.05) is 20.8 Å². The number of nitrogens with one attached hydrogen (secondary N) is 1. The fourth-order valence-electron chi connectivity index (χ4n) is 2.34. The van der Waals surface area contributed by atoms with Crippen LogP contribution in [0.1, 0.15) is 53.4 Å². The highest BCUT2D eigenvalue weighted by Gasteiger charge is 2.22. The summed E-state index contributed by atoms with van der Waals surface area (Å²) in [6.07, 6.45) is 1.99. The maximum Gasteiger partial charge on any atom is 0.275 e. The van der Waals surface area contributed by atoms with Crippen molar-refractivity contribution in [2.24, 2.45) is 0 Å². The van der Waals surface area contributed by atoms with Crippen LogP contribution < -0.4 is 4.72 Å². The van der Waals surface area contributed by atoms with Crippen LogP contribution in [0.25, 0.3) is 10.2 Å². The number of unbranched alkanes of at least 4 members (excludes halogenated alkanes) is 1. The summed E-state index contributed by atoms with van der Waals surface area (Å²) in [5, 5.41) is 0.836. The molecular weight excluding hydrogens is 334 g/mol. The van der Waals surface area contributed by atoms with Gasteiger partial charge in [-0.2, -0.15) is 0 Å². The van der Waals surface area contributed by atoms with E-state index < -0.39 is 15.9 Å². The molecule has 0 radical (unpaired) electrons. The first-order valence-electron chi connectivity index (χ1n) is 7.60. The zero-order valence-corrected chi connectivity index (χ0v) is 15.4. The van der Waals surface area contributed by atoms with Gasteiger partial charge in [-0.15, -0.1) is 11.3 Å².